The molecule has 94 valence electrons. The Balaban J connectivity index is 2.10. The van der Waals surface area contributed by atoms with Gasteiger partial charge in [-0.3, -0.25) is 9.80 Å². The topological polar surface area (TPSA) is 32.5 Å². The molecular formula is C12H25N3S. The second-order valence-electron chi connectivity index (χ2n) is 5.89. The summed E-state index contributed by atoms with van der Waals surface area (Å²) in [5.41, 5.74) is 6.63. The van der Waals surface area contributed by atoms with E-state index in [4.69, 9.17) is 5.73 Å². The lowest BCUT2D eigenvalue weighted by Crippen LogP contribution is -2.65. The minimum Gasteiger partial charge on any atom is -0.329 e. The molecule has 2 saturated heterocycles. The highest BCUT2D eigenvalue weighted by Crippen LogP contribution is 2.35. The Kier molecular flexibility index (Phi) is 3.55. The van der Waals surface area contributed by atoms with Gasteiger partial charge in [-0.25, -0.2) is 0 Å². The highest BCUT2D eigenvalue weighted by molar-refractivity contribution is 7.99. The maximum absolute atomic E-state index is 6.05. The molecule has 0 aromatic rings. The number of nitrogens with two attached hydrogens (primary N) is 1. The molecule has 2 aliphatic heterocycles. The SMILES string of the molecule is CN1CCN(C2(CN)CCSC2)CC1(C)C. The molecular weight excluding hydrogens is 218 g/mol. The summed E-state index contributed by atoms with van der Waals surface area (Å²) in [5, 5.41) is 0. The average Bonchev–Trinajstić information content (AvgIpc) is 2.71. The summed E-state index contributed by atoms with van der Waals surface area (Å²) >= 11 is 2.06. The van der Waals surface area contributed by atoms with Gasteiger partial charge in [-0.1, -0.05) is 0 Å². The quantitative estimate of drug-likeness (QED) is 0.779. The molecule has 3 nitrogen and oxygen atoms in total. The Bertz CT molecular complexity index is 249. The highest BCUT2D eigenvalue weighted by Gasteiger charge is 2.43. The van der Waals surface area contributed by atoms with Crippen LogP contribution in [0.25, 0.3) is 0 Å². The summed E-state index contributed by atoms with van der Waals surface area (Å²) in [4.78, 5) is 5.13. The number of nitrogens with zero attached hydrogens (tertiary/aromatic N) is 2. The van der Waals surface area contributed by atoms with Crippen molar-refractivity contribution in [2.75, 3.05) is 44.7 Å². The predicted molar refractivity (Wildman–Crippen MR) is 72.0 cm³/mol. The first-order chi connectivity index (χ1) is 7.50. The smallest absolute Gasteiger partial charge is 0.0431 e. The molecule has 16 heavy (non-hydrogen) atoms. The van der Waals surface area contributed by atoms with E-state index in [9.17, 15) is 0 Å². The first-order valence-corrected chi connectivity index (χ1v) is 7.40. The molecule has 1 unspecified atom stereocenters. The molecule has 0 aliphatic carbocycles. The maximum Gasteiger partial charge on any atom is 0.0431 e. The van der Waals surface area contributed by atoms with E-state index in [0.717, 1.165) is 13.1 Å². The first-order valence-electron chi connectivity index (χ1n) is 6.24. The third-order valence-electron chi connectivity index (χ3n) is 4.45. The van der Waals surface area contributed by atoms with Crippen molar-refractivity contribution in [3.63, 3.8) is 0 Å². The van der Waals surface area contributed by atoms with Gasteiger partial charge in [0.1, 0.15) is 0 Å². The maximum atomic E-state index is 6.05. The molecule has 0 bridgehead atoms. The average molecular weight is 243 g/mol. The van der Waals surface area contributed by atoms with Crippen LogP contribution in [0.3, 0.4) is 0 Å². The predicted octanol–water partition coefficient (Wildman–Crippen LogP) is 0.847. The van der Waals surface area contributed by atoms with E-state index in [0.29, 0.717) is 5.54 Å². The molecule has 4 heteroatoms. The zero-order chi connectivity index (χ0) is 11.8. The van der Waals surface area contributed by atoms with Crippen LogP contribution in [-0.4, -0.2) is 65.6 Å². The summed E-state index contributed by atoms with van der Waals surface area (Å²) in [5.74, 6) is 2.51. The molecule has 0 spiro atoms. The molecule has 0 radical (unpaired) electrons. The van der Waals surface area contributed by atoms with Crippen LogP contribution in [0, 0.1) is 0 Å². The summed E-state index contributed by atoms with van der Waals surface area (Å²) in [6.45, 7) is 9.00. The number of rotatable bonds is 2. The fourth-order valence-electron chi connectivity index (χ4n) is 2.78. The second-order valence-corrected chi connectivity index (χ2v) is 6.99. The van der Waals surface area contributed by atoms with Gasteiger partial charge in [0.2, 0.25) is 0 Å². The third kappa shape index (κ3) is 2.13. The number of thioether (sulfide) groups is 1. The van der Waals surface area contributed by atoms with Crippen molar-refractivity contribution in [2.24, 2.45) is 5.73 Å². The Morgan fingerprint density at radius 1 is 1.31 bits per heavy atom. The third-order valence-corrected chi connectivity index (χ3v) is 5.68. The minimum absolute atomic E-state index is 0.285. The lowest BCUT2D eigenvalue weighted by atomic mass is 9.90. The lowest BCUT2D eigenvalue weighted by molar-refractivity contribution is -0.0125. The Labute approximate surface area is 104 Å². The molecule has 0 saturated carbocycles. The fraction of sp³-hybridized carbons (Fsp3) is 1.00. The molecule has 0 aromatic carbocycles. The van der Waals surface area contributed by atoms with Gasteiger partial charge in [0.25, 0.3) is 0 Å². The Morgan fingerprint density at radius 2 is 2.06 bits per heavy atom. The Morgan fingerprint density at radius 3 is 2.56 bits per heavy atom. The molecule has 2 heterocycles. The molecule has 2 fully saturated rings. The molecule has 2 rings (SSSR count). The van der Waals surface area contributed by atoms with Gasteiger partial charge in [0.05, 0.1) is 0 Å². The summed E-state index contributed by atoms with van der Waals surface area (Å²) in [6.07, 6.45) is 1.27. The van der Waals surface area contributed by atoms with Crippen LogP contribution >= 0.6 is 11.8 Å². The molecule has 0 aromatic heterocycles. The van der Waals surface area contributed by atoms with E-state index in [1.807, 2.05) is 0 Å². The van der Waals surface area contributed by atoms with Gasteiger partial charge in [0.15, 0.2) is 0 Å². The fourth-order valence-corrected chi connectivity index (χ4v) is 4.27. The van der Waals surface area contributed by atoms with Gasteiger partial charge >= 0.3 is 0 Å². The first kappa shape index (κ1) is 12.7. The number of likely N-dealkylation sites (N-methyl/N-ethyl adjacent to an activating group) is 1. The number of hydrogen-bond donors (Lipinski definition) is 1. The number of hydrogen-bond acceptors (Lipinski definition) is 4. The number of piperazine rings is 1. The lowest BCUT2D eigenvalue weighted by Gasteiger charge is -2.51. The largest absolute Gasteiger partial charge is 0.329 e. The van der Waals surface area contributed by atoms with E-state index in [1.165, 1.54) is 31.0 Å². The van der Waals surface area contributed by atoms with Crippen LogP contribution < -0.4 is 5.73 Å². The van der Waals surface area contributed by atoms with Crippen LogP contribution in [0.15, 0.2) is 0 Å². The van der Waals surface area contributed by atoms with Crippen LogP contribution in [0.5, 0.6) is 0 Å². The van der Waals surface area contributed by atoms with Crippen molar-refractivity contribution in [3.8, 4) is 0 Å². The van der Waals surface area contributed by atoms with Gasteiger partial charge in [0, 0.05) is 43.0 Å². The van der Waals surface area contributed by atoms with Crippen molar-refractivity contribution in [1.29, 1.82) is 0 Å². The van der Waals surface area contributed by atoms with E-state index in [2.05, 4.69) is 42.5 Å². The monoisotopic (exact) mass is 243 g/mol. The minimum atomic E-state index is 0.285. The van der Waals surface area contributed by atoms with Crippen LogP contribution in [0.1, 0.15) is 20.3 Å². The second kappa shape index (κ2) is 4.48. The molecule has 1 atom stereocenters. The van der Waals surface area contributed by atoms with Crippen molar-refractivity contribution >= 4 is 11.8 Å². The zero-order valence-electron chi connectivity index (χ0n) is 10.8. The summed E-state index contributed by atoms with van der Waals surface area (Å²) in [7, 11) is 2.23. The van der Waals surface area contributed by atoms with E-state index >= 15 is 0 Å². The van der Waals surface area contributed by atoms with Crippen LogP contribution in [-0.2, 0) is 0 Å². The summed E-state index contributed by atoms with van der Waals surface area (Å²) in [6, 6.07) is 0. The van der Waals surface area contributed by atoms with Crippen LogP contribution in [0.2, 0.25) is 0 Å². The van der Waals surface area contributed by atoms with Crippen LogP contribution in [0.4, 0.5) is 0 Å². The highest BCUT2D eigenvalue weighted by atomic mass is 32.2. The van der Waals surface area contributed by atoms with Gasteiger partial charge in [-0.2, -0.15) is 11.8 Å². The van der Waals surface area contributed by atoms with Crippen molar-refractivity contribution in [1.82, 2.24) is 9.80 Å². The molecule has 0 amide bonds. The normalized spacial score (nSPS) is 36.8. The zero-order valence-corrected chi connectivity index (χ0v) is 11.6. The van der Waals surface area contributed by atoms with Gasteiger partial charge in [-0.15, -0.1) is 0 Å². The van der Waals surface area contributed by atoms with E-state index < -0.39 is 0 Å². The van der Waals surface area contributed by atoms with Gasteiger partial charge in [-0.05, 0) is 33.1 Å². The standard InChI is InChI=1S/C12H25N3S/c1-11(2)9-15(6-5-14(11)3)12(8-13)4-7-16-10-12/h4-10,13H2,1-3H3. The van der Waals surface area contributed by atoms with E-state index in [1.54, 1.807) is 0 Å². The van der Waals surface area contributed by atoms with Crippen molar-refractivity contribution in [2.45, 2.75) is 31.3 Å². The van der Waals surface area contributed by atoms with Crippen molar-refractivity contribution in [3.05, 3.63) is 0 Å². The van der Waals surface area contributed by atoms with Gasteiger partial charge < -0.3 is 5.73 Å². The van der Waals surface area contributed by atoms with E-state index in [-0.39, 0.29) is 5.54 Å². The summed E-state index contributed by atoms with van der Waals surface area (Å²) < 4.78 is 0. The van der Waals surface area contributed by atoms with Crippen molar-refractivity contribution < 1.29 is 0 Å². The Hall–Kier alpha value is 0.230. The molecule has 2 aliphatic rings. The molecule has 2 N–H and O–H groups in total.